The molecule has 0 radical (unpaired) electrons. The van der Waals surface area contributed by atoms with Gasteiger partial charge in [0.2, 0.25) is 0 Å². The van der Waals surface area contributed by atoms with Crippen LogP contribution >= 0.6 is 15.9 Å². The number of carbonyl (C=O) groups excluding carboxylic acids is 1. The normalized spacial score (nSPS) is 10.7. The van der Waals surface area contributed by atoms with Crippen molar-refractivity contribution in [3.8, 4) is 5.75 Å². The Hall–Kier alpha value is -3.65. The van der Waals surface area contributed by atoms with Crippen molar-refractivity contribution in [1.29, 1.82) is 0 Å². The molecule has 0 unspecified atom stereocenters. The van der Waals surface area contributed by atoms with Gasteiger partial charge in [-0.05, 0) is 59.7 Å². The fourth-order valence-corrected chi connectivity index (χ4v) is 3.19. The van der Waals surface area contributed by atoms with Crippen LogP contribution in [0.15, 0.2) is 82.4 Å². The largest absolute Gasteiger partial charge is 0.497 e. The van der Waals surface area contributed by atoms with E-state index in [1.807, 2.05) is 24.3 Å². The van der Waals surface area contributed by atoms with Gasteiger partial charge in [0.05, 0.1) is 31.1 Å². The summed E-state index contributed by atoms with van der Waals surface area (Å²) in [6, 6.07) is 21.0. The number of carbonyl (C=O) groups is 2. The van der Waals surface area contributed by atoms with Crippen molar-refractivity contribution in [3.05, 3.63) is 94.0 Å². The van der Waals surface area contributed by atoms with Crippen LogP contribution in [0.4, 0.5) is 5.69 Å². The van der Waals surface area contributed by atoms with Crippen LogP contribution in [0.3, 0.4) is 0 Å². The molecule has 0 atom stereocenters. The molecule has 0 heterocycles. The number of rotatable bonds is 9. The van der Waals surface area contributed by atoms with Crippen molar-refractivity contribution >= 4 is 39.7 Å². The maximum atomic E-state index is 13.0. The van der Waals surface area contributed by atoms with E-state index >= 15 is 0 Å². The van der Waals surface area contributed by atoms with E-state index in [-0.39, 0.29) is 24.4 Å². The number of benzene rings is 3. The molecule has 32 heavy (non-hydrogen) atoms. The second kappa shape index (κ2) is 11.1. The summed E-state index contributed by atoms with van der Waals surface area (Å²) >= 11 is 3.38. The zero-order valence-corrected chi connectivity index (χ0v) is 18.9. The monoisotopic (exact) mass is 496 g/mol. The zero-order valence-electron chi connectivity index (χ0n) is 17.3. The minimum absolute atomic E-state index is 0.0275. The third-order valence-electron chi connectivity index (χ3n) is 4.56. The third-order valence-corrected chi connectivity index (χ3v) is 5.09. The minimum Gasteiger partial charge on any atom is -0.497 e. The van der Waals surface area contributed by atoms with Crippen LogP contribution in [0.25, 0.3) is 0 Å². The highest BCUT2D eigenvalue weighted by atomic mass is 79.9. The van der Waals surface area contributed by atoms with Crippen LogP contribution in [0, 0.1) is 0 Å². The molecule has 8 heteroatoms. The maximum absolute atomic E-state index is 13.0. The Bertz CT molecular complexity index is 1100. The Morgan fingerprint density at radius 3 is 2.38 bits per heavy atom. The molecule has 0 aromatic heterocycles. The van der Waals surface area contributed by atoms with Gasteiger partial charge in [0.1, 0.15) is 5.75 Å². The molecular weight excluding hydrogens is 476 g/mol. The number of anilines is 1. The Labute approximate surface area is 194 Å². The molecule has 0 spiro atoms. The van der Waals surface area contributed by atoms with E-state index in [1.165, 1.54) is 17.2 Å². The SMILES string of the molecule is COc1ccc(C=NOCC(=O)N(Cc2ccc(Br)cc2)c2ccccc2C(=O)O)cc1. The van der Waals surface area contributed by atoms with Crippen LogP contribution in [-0.4, -0.2) is 36.9 Å². The Morgan fingerprint density at radius 1 is 1.03 bits per heavy atom. The summed E-state index contributed by atoms with van der Waals surface area (Å²) in [7, 11) is 1.58. The highest BCUT2D eigenvalue weighted by Crippen LogP contribution is 2.24. The fourth-order valence-electron chi connectivity index (χ4n) is 2.93. The topological polar surface area (TPSA) is 88.4 Å². The molecule has 7 nitrogen and oxygen atoms in total. The van der Waals surface area contributed by atoms with Crippen molar-refractivity contribution < 1.29 is 24.3 Å². The Kier molecular flexibility index (Phi) is 7.99. The second-order valence-corrected chi connectivity index (χ2v) is 7.63. The Morgan fingerprint density at radius 2 is 1.72 bits per heavy atom. The number of hydrogen-bond acceptors (Lipinski definition) is 5. The molecule has 164 valence electrons. The average Bonchev–Trinajstić information content (AvgIpc) is 2.81. The smallest absolute Gasteiger partial charge is 0.337 e. The molecule has 0 fully saturated rings. The predicted octanol–water partition coefficient (Wildman–Crippen LogP) is 4.74. The average molecular weight is 497 g/mol. The molecule has 3 aromatic rings. The van der Waals surface area contributed by atoms with Gasteiger partial charge in [-0.15, -0.1) is 0 Å². The lowest BCUT2D eigenvalue weighted by molar-refractivity contribution is -0.123. The second-order valence-electron chi connectivity index (χ2n) is 6.71. The van der Waals surface area contributed by atoms with Gasteiger partial charge in [-0.25, -0.2) is 4.79 Å². The van der Waals surface area contributed by atoms with Gasteiger partial charge < -0.3 is 19.6 Å². The fraction of sp³-hybridized carbons (Fsp3) is 0.125. The number of aromatic carboxylic acids is 1. The predicted molar refractivity (Wildman–Crippen MR) is 125 cm³/mol. The summed E-state index contributed by atoms with van der Waals surface area (Å²) in [5.74, 6) is -0.819. The van der Waals surface area contributed by atoms with Crippen LogP contribution in [-0.2, 0) is 16.2 Å². The standard InChI is InChI=1S/C24H21BrN2O5/c1-31-20-12-8-17(9-13-20)14-26-32-16-23(28)27(15-18-6-10-19(25)11-7-18)22-5-3-2-4-21(22)24(29)30/h2-14H,15-16H2,1H3,(H,29,30). The van der Waals surface area contributed by atoms with E-state index in [0.717, 1.165) is 21.3 Å². The number of ether oxygens (including phenoxy) is 1. The third kappa shape index (κ3) is 6.18. The van der Waals surface area contributed by atoms with E-state index in [4.69, 9.17) is 9.57 Å². The van der Waals surface area contributed by atoms with Crippen LogP contribution in [0.2, 0.25) is 0 Å². The van der Waals surface area contributed by atoms with E-state index in [9.17, 15) is 14.7 Å². The molecule has 0 aliphatic rings. The van der Waals surface area contributed by atoms with Crippen LogP contribution in [0.5, 0.6) is 5.75 Å². The van der Waals surface area contributed by atoms with Gasteiger partial charge in [0.25, 0.3) is 5.91 Å². The lowest BCUT2D eigenvalue weighted by Gasteiger charge is -2.24. The van der Waals surface area contributed by atoms with Crippen molar-refractivity contribution in [2.75, 3.05) is 18.6 Å². The molecule has 3 rings (SSSR count). The summed E-state index contributed by atoms with van der Waals surface area (Å²) in [6.45, 7) is -0.168. The summed E-state index contributed by atoms with van der Waals surface area (Å²) in [4.78, 5) is 31.3. The number of oxime groups is 1. The number of carboxylic acids is 1. The van der Waals surface area contributed by atoms with Gasteiger partial charge in [0.15, 0.2) is 6.61 Å². The molecule has 0 aliphatic carbocycles. The first kappa shape index (κ1) is 23.0. The molecular formula is C24H21BrN2O5. The summed E-state index contributed by atoms with van der Waals surface area (Å²) in [5.41, 5.74) is 1.93. The van der Waals surface area contributed by atoms with Crippen molar-refractivity contribution in [1.82, 2.24) is 0 Å². The molecule has 0 aliphatic heterocycles. The van der Waals surface area contributed by atoms with Crippen LogP contribution in [0.1, 0.15) is 21.5 Å². The van der Waals surface area contributed by atoms with Crippen molar-refractivity contribution in [3.63, 3.8) is 0 Å². The number of methoxy groups -OCH3 is 1. The molecule has 1 amide bonds. The first-order valence-corrected chi connectivity index (χ1v) is 10.4. The quantitative estimate of drug-likeness (QED) is 0.341. The first-order chi connectivity index (χ1) is 15.5. The number of halogens is 1. The molecule has 3 aromatic carbocycles. The lowest BCUT2D eigenvalue weighted by Crippen LogP contribution is -2.34. The van der Waals surface area contributed by atoms with Gasteiger partial charge in [0, 0.05) is 4.47 Å². The first-order valence-electron chi connectivity index (χ1n) is 9.64. The van der Waals surface area contributed by atoms with Crippen LogP contribution < -0.4 is 9.64 Å². The number of carboxylic acid groups (broad SMARTS) is 1. The number of para-hydroxylation sites is 1. The highest BCUT2D eigenvalue weighted by molar-refractivity contribution is 9.10. The van der Waals surface area contributed by atoms with Gasteiger partial charge in [-0.1, -0.05) is 45.4 Å². The summed E-state index contributed by atoms with van der Waals surface area (Å²) < 4.78 is 6.01. The van der Waals surface area contributed by atoms with Gasteiger partial charge in [-0.3, -0.25) is 4.79 Å². The minimum atomic E-state index is -1.12. The van der Waals surface area contributed by atoms with Crippen molar-refractivity contribution in [2.24, 2.45) is 5.16 Å². The zero-order chi connectivity index (χ0) is 22.9. The summed E-state index contributed by atoms with van der Waals surface area (Å²) in [5, 5.41) is 13.4. The number of amides is 1. The number of nitrogens with zero attached hydrogens (tertiary/aromatic N) is 2. The van der Waals surface area contributed by atoms with Gasteiger partial charge >= 0.3 is 5.97 Å². The molecule has 0 saturated heterocycles. The summed E-state index contributed by atoms with van der Waals surface area (Å²) in [6.07, 6.45) is 1.48. The highest BCUT2D eigenvalue weighted by Gasteiger charge is 2.22. The molecule has 0 bridgehead atoms. The maximum Gasteiger partial charge on any atom is 0.337 e. The molecule has 1 N–H and O–H groups in total. The van der Waals surface area contributed by atoms with E-state index in [1.54, 1.807) is 49.6 Å². The Balaban J connectivity index is 1.76. The number of hydrogen-bond donors (Lipinski definition) is 1. The van der Waals surface area contributed by atoms with E-state index < -0.39 is 11.9 Å². The van der Waals surface area contributed by atoms with E-state index in [2.05, 4.69) is 21.1 Å². The van der Waals surface area contributed by atoms with Gasteiger partial charge in [-0.2, -0.15) is 0 Å². The van der Waals surface area contributed by atoms with Crippen molar-refractivity contribution in [2.45, 2.75) is 6.54 Å². The van der Waals surface area contributed by atoms with E-state index in [0.29, 0.717) is 0 Å². The lowest BCUT2D eigenvalue weighted by atomic mass is 10.1. The molecule has 0 saturated carbocycles.